The second kappa shape index (κ2) is 10.1. The van der Waals surface area contributed by atoms with Crippen molar-refractivity contribution in [1.82, 2.24) is 30.6 Å². The molecular weight excluding hydrogens is 396 g/mol. The average molecular weight is 422 g/mol. The van der Waals surface area contributed by atoms with Crippen molar-refractivity contribution in [2.45, 2.75) is 6.42 Å². The Hall–Kier alpha value is -3.34. The highest BCUT2D eigenvalue weighted by Crippen LogP contribution is 2.26. The quantitative estimate of drug-likeness (QED) is 0.423. The first-order valence-corrected chi connectivity index (χ1v) is 10.3. The zero-order valence-electron chi connectivity index (χ0n) is 17.2. The second-order valence-corrected chi connectivity index (χ2v) is 7.09. The maximum Gasteiger partial charge on any atom is 0.320 e. The molecule has 0 bridgehead atoms. The van der Waals surface area contributed by atoms with E-state index >= 15 is 0 Å². The van der Waals surface area contributed by atoms with Gasteiger partial charge in [0.1, 0.15) is 5.82 Å². The van der Waals surface area contributed by atoms with E-state index in [1.165, 1.54) is 0 Å². The summed E-state index contributed by atoms with van der Waals surface area (Å²) in [6.07, 6.45) is 2.24. The summed E-state index contributed by atoms with van der Waals surface area (Å²) in [7, 11) is 0. The second-order valence-electron chi connectivity index (χ2n) is 7.09. The first-order chi connectivity index (χ1) is 15.2. The van der Waals surface area contributed by atoms with Crippen molar-refractivity contribution in [3.05, 3.63) is 48.7 Å². The molecule has 10 nitrogen and oxygen atoms in total. The van der Waals surface area contributed by atoms with Gasteiger partial charge in [0, 0.05) is 50.9 Å². The van der Waals surface area contributed by atoms with E-state index in [4.69, 9.17) is 10.1 Å². The van der Waals surface area contributed by atoms with Crippen LogP contribution in [-0.4, -0.2) is 70.4 Å². The van der Waals surface area contributed by atoms with E-state index in [0.717, 1.165) is 37.3 Å². The zero-order valence-corrected chi connectivity index (χ0v) is 17.2. The molecule has 1 aromatic carbocycles. The standard InChI is InChI=1S/C21H26N8O2/c30-14-4-9-23-21(31)26-18-8-7-16-15-24-20(27-19(16)25-18)29(17-5-2-1-3-6-17)28-12-10-22-11-13-28/h1-3,5-8,15,22,30H,4,9-14H2,(H2,23,24,25,26,27,31). The van der Waals surface area contributed by atoms with Gasteiger partial charge >= 0.3 is 6.03 Å². The number of fused-ring (bicyclic) bond motifs is 1. The number of pyridine rings is 1. The number of amides is 2. The molecule has 31 heavy (non-hydrogen) atoms. The van der Waals surface area contributed by atoms with Crippen molar-refractivity contribution in [1.29, 1.82) is 0 Å². The molecule has 4 rings (SSSR count). The number of hydrogen-bond acceptors (Lipinski definition) is 8. The van der Waals surface area contributed by atoms with Gasteiger partial charge in [-0.15, -0.1) is 0 Å². The molecule has 0 unspecified atom stereocenters. The summed E-state index contributed by atoms with van der Waals surface area (Å²) in [4.78, 5) is 25.8. The first-order valence-electron chi connectivity index (χ1n) is 10.3. The minimum absolute atomic E-state index is 0.0270. The van der Waals surface area contributed by atoms with E-state index in [9.17, 15) is 4.79 Å². The number of anilines is 3. The summed E-state index contributed by atoms with van der Waals surface area (Å²) >= 11 is 0. The van der Waals surface area contributed by atoms with Crippen LogP contribution in [0, 0.1) is 0 Å². The third kappa shape index (κ3) is 5.23. The number of urea groups is 1. The van der Waals surface area contributed by atoms with Gasteiger partial charge in [-0.2, -0.15) is 4.98 Å². The molecule has 3 aromatic rings. The average Bonchev–Trinajstić information content (AvgIpc) is 2.81. The minimum atomic E-state index is -0.374. The van der Waals surface area contributed by atoms with Crippen LogP contribution in [0.3, 0.4) is 0 Å². The number of aliphatic hydroxyl groups excluding tert-OH is 1. The molecule has 0 radical (unpaired) electrons. The van der Waals surface area contributed by atoms with Crippen LogP contribution in [0.25, 0.3) is 11.0 Å². The molecular formula is C21H26N8O2. The van der Waals surface area contributed by atoms with Crippen molar-refractivity contribution in [2.24, 2.45) is 0 Å². The van der Waals surface area contributed by atoms with Crippen LogP contribution in [0.4, 0.5) is 22.2 Å². The molecule has 1 aliphatic rings. The highest BCUT2D eigenvalue weighted by Gasteiger charge is 2.23. The Kier molecular flexibility index (Phi) is 6.82. The summed E-state index contributed by atoms with van der Waals surface area (Å²) in [5, 5.41) is 22.6. The lowest BCUT2D eigenvalue weighted by Gasteiger charge is -2.37. The lowest BCUT2D eigenvalue weighted by Crippen LogP contribution is -2.51. The molecule has 3 heterocycles. The van der Waals surface area contributed by atoms with E-state index in [-0.39, 0.29) is 12.6 Å². The predicted molar refractivity (Wildman–Crippen MR) is 119 cm³/mol. The molecule has 10 heteroatoms. The number of nitrogens with zero attached hydrogens (tertiary/aromatic N) is 5. The molecule has 4 N–H and O–H groups in total. The van der Waals surface area contributed by atoms with Gasteiger partial charge < -0.3 is 15.7 Å². The van der Waals surface area contributed by atoms with Crippen molar-refractivity contribution >= 4 is 34.5 Å². The van der Waals surface area contributed by atoms with E-state index in [0.29, 0.717) is 30.4 Å². The summed E-state index contributed by atoms with van der Waals surface area (Å²) < 4.78 is 0. The Labute approximate surface area is 180 Å². The molecule has 1 fully saturated rings. The van der Waals surface area contributed by atoms with Crippen molar-refractivity contribution in [3.8, 4) is 0 Å². The highest BCUT2D eigenvalue weighted by atomic mass is 16.3. The van der Waals surface area contributed by atoms with E-state index < -0.39 is 0 Å². The minimum Gasteiger partial charge on any atom is -0.396 e. The van der Waals surface area contributed by atoms with E-state index in [2.05, 4.69) is 30.9 Å². The topological polar surface area (TPSA) is 119 Å². The Morgan fingerprint density at radius 3 is 2.71 bits per heavy atom. The van der Waals surface area contributed by atoms with Gasteiger partial charge in [-0.1, -0.05) is 18.2 Å². The Morgan fingerprint density at radius 2 is 1.94 bits per heavy atom. The third-order valence-electron chi connectivity index (χ3n) is 4.86. The van der Waals surface area contributed by atoms with Gasteiger partial charge in [0.25, 0.3) is 0 Å². The molecule has 1 aliphatic heterocycles. The fourth-order valence-corrected chi connectivity index (χ4v) is 3.34. The molecule has 162 valence electrons. The van der Waals surface area contributed by atoms with E-state index in [1.807, 2.05) is 41.4 Å². The third-order valence-corrected chi connectivity index (χ3v) is 4.86. The van der Waals surface area contributed by atoms with Crippen LogP contribution in [-0.2, 0) is 0 Å². The zero-order chi connectivity index (χ0) is 21.5. The van der Waals surface area contributed by atoms with Crippen LogP contribution in [0.15, 0.2) is 48.7 Å². The number of nitrogens with one attached hydrogen (secondary N) is 3. The van der Waals surface area contributed by atoms with Crippen LogP contribution >= 0.6 is 0 Å². The summed E-state index contributed by atoms with van der Waals surface area (Å²) in [5.41, 5.74) is 1.47. The van der Waals surface area contributed by atoms with Crippen molar-refractivity contribution in [3.63, 3.8) is 0 Å². The highest BCUT2D eigenvalue weighted by molar-refractivity contribution is 5.89. The fraction of sp³-hybridized carbons (Fsp3) is 0.333. The molecule has 0 spiro atoms. The number of aromatic nitrogens is 3. The number of benzene rings is 1. The lowest BCUT2D eigenvalue weighted by atomic mass is 10.3. The van der Waals surface area contributed by atoms with Gasteiger partial charge in [0.05, 0.1) is 5.69 Å². The first kappa shape index (κ1) is 20.9. The van der Waals surface area contributed by atoms with Gasteiger partial charge in [-0.3, -0.25) is 5.32 Å². The number of carbonyl (C=O) groups excluding carboxylic acids is 1. The molecule has 0 atom stereocenters. The Balaban J connectivity index is 1.61. The molecule has 1 saturated heterocycles. The van der Waals surface area contributed by atoms with Gasteiger partial charge in [-0.25, -0.2) is 24.8 Å². The lowest BCUT2D eigenvalue weighted by molar-refractivity contribution is 0.240. The smallest absolute Gasteiger partial charge is 0.320 e. The summed E-state index contributed by atoms with van der Waals surface area (Å²) in [6, 6.07) is 13.2. The number of para-hydroxylation sites is 1. The monoisotopic (exact) mass is 422 g/mol. The van der Waals surface area contributed by atoms with Gasteiger partial charge in [-0.05, 0) is 30.7 Å². The van der Waals surface area contributed by atoms with Crippen LogP contribution in [0.2, 0.25) is 0 Å². The van der Waals surface area contributed by atoms with Crippen molar-refractivity contribution in [2.75, 3.05) is 49.7 Å². The predicted octanol–water partition coefficient (Wildman–Crippen LogP) is 1.49. The van der Waals surface area contributed by atoms with Crippen LogP contribution < -0.4 is 21.0 Å². The van der Waals surface area contributed by atoms with Gasteiger partial charge in [0.15, 0.2) is 5.65 Å². The number of piperazine rings is 1. The Morgan fingerprint density at radius 1 is 1.13 bits per heavy atom. The Bertz CT molecular complexity index is 1010. The fourth-order valence-electron chi connectivity index (χ4n) is 3.34. The maximum atomic E-state index is 12.0. The van der Waals surface area contributed by atoms with Crippen LogP contribution in [0.5, 0.6) is 0 Å². The molecule has 2 amide bonds. The number of hydrazine groups is 1. The molecule has 0 aliphatic carbocycles. The molecule has 0 saturated carbocycles. The van der Waals surface area contributed by atoms with E-state index in [1.54, 1.807) is 12.3 Å². The summed E-state index contributed by atoms with van der Waals surface area (Å²) in [6.45, 7) is 3.85. The largest absolute Gasteiger partial charge is 0.396 e. The number of hydrogen-bond donors (Lipinski definition) is 4. The number of rotatable bonds is 7. The molecule has 2 aromatic heterocycles. The summed E-state index contributed by atoms with van der Waals surface area (Å²) in [5.74, 6) is 0.921. The van der Waals surface area contributed by atoms with Crippen molar-refractivity contribution < 1.29 is 9.90 Å². The number of aliphatic hydroxyl groups is 1. The SMILES string of the molecule is O=C(NCCCO)Nc1ccc2cnc(N(c3ccccc3)N3CCNCC3)nc2n1. The number of carbonyl (C=O) groups is 1. The van der Waals surface area contributed by atoms with Crippen LogP contribution in [0.1, 0.15) is 6.42 Å². The van der Waals surface area contributed by atoms with Gasteiger partial charge in [0.2, 0.25) is 5.95 Å². The maximum absolute atomic E-state index is 12.0. The normalized spacial score (nSPS) is 14.4.